The molecular formula is C13H16N2O6S. The van der Waals surface area contributed by atoms with Gasteiger partial charge >= 0.3 is 11.0 Å². The largest absolute Gasteiger partial charge is 0.451 e. The van der Waals surface area contributed by atoms with Gasteiger partial charge in [-0.15, -0.1) is 0 Å². The minimum Gasteiger partial charge on any atom is -0.451 e. The van der Waals surface area contributed by atoms with Crippen LogP contribution in [0.15, 0.2) is 12.1 Å². The molecule has 1 fully saturated rings. The Kier molecular flexibility index (Phi) is 5.09. The predicted octanol–water partition coefficient (Wildman–Crippen LogP) is 1.45. The molecule has 0 radical (unpaired) electrons. The van der Waals surface area contributed by atoms with E-state index in [-0.39, 0.29) is 34.6 Å². The first-order valence-corrected chi connectivity index (χ1v) is 7.53. The lowest BCUT2D eigenvalue weighted by atomic mass is 10.2. The molecule has 0 aliphatic carbocycles. The summed E-state index contributed by atoms with van der Waals surface area (Å²) in [5.74, 6) is -1.04. The first-order valence-electron chi connectivity index (χ1n) is 6.71. The van der Waals surface area contributed by atoms with Gasteiger partial charge in [0.25, 0.3) is 5.91 Å². The molecule has 2 heterocycles. The van der Waals surface area contributed by atoms with E-state index < -0.39 is 10.9 Å². The summed E-state index contributed by atoms with van der Waals surface area (Å²) in [6.07, 6.45) is -0.133. The maximum atomic E-state index is 12.0. The van der Waals surface area contributed by atoms with Crippen LogP contribution < -0.4 is 0 Å². The van der Waals surface area contributed by atoms with Gasteiger partial charge in [-0.25, -0.2) is 4.79 Å². The van der Waals surface area contributed by atoms with E-state index in [4.69, 9.17) is 9.47 Å². The van der Waals surface area contributed by atoms with E-state index in [1.807, 2.05) is 13.8 Å². The molecule has 0 bridgehead atoms. The highest BCUT2D eigenvalue weighted by atomic mass is 32.1. The van der Waals surface area contributed by atoms with Gasteiger partial charge < -0.3 is 14.4 Å². The number of amides is 1. The highest BCUT2D eigenvalue weighted by molar-refractivity contribution is 7.17. The summed E-state index contributed by atoms with van der Waals surface area (Å²) in [6.45, 7) is 4.25. The molecule has 0 spiro atoms. The minimum absolute atomic E-state index is 0.0663. The zero-order chi connectivity index (χ0) is 16.3. The fraction of sp³-hybridized carbons (Fsp3) is 0.538. The van der Waals surface area contributed by atoms with Crippen molar-refractivity contribution in [1.29, 1.82) is 0 Å². The molecule has 1 aliphatic rings. The van der Waals surface area contributed by atoms with Crippen molar-refractivity contribution in [2.45, 2.75) is 26.1 Å². The Morgan fingerprint density at radius 3 is 2.59 bits per heavy atom. The number of hydrogen-bond donors (Lipinski definition) is 0. The monoisotopic (exact) mass is 328 g/mol. The van der Waals surface area contributed by atoms with E-state index in [1.54, 1.807) is 4.90 Å². The molecule has 0 aromatic carbocycles. The number of hydrogen-bond acceptors (Lipinski definition) is 7. The van der Waals surface area contributed by atoms with Crippen molar-refractivity contribution in [3.8, 4) is 0 Å². The van der Waals surface area contributed by atoms with Gasteiger partial charge in [0, 0.05) is 19.2 Å². The van der Waals surface area contributed by atoms with Gasteiger partial charge in [-0.1, -0.05) is 11.3 Å². The lowest BCUT2D eigenvalue weighted by molar-refractivity contribution is -0.380. The van der Waals surface area contributed by atoms with Crippen LogP contribution in [0.4, 0.5) is 5.00 Å². The second-order valence-electron chi connectivity index (χ2n) is 5.03. The third-order valence-corrected chi connectivity index (χ3v) is 4.09. The summed E-state index contributed by atoms with van der Waals surface area (Å²) in [6, 6.07) is 2.54. The Labute approximate surface area is 130 Å². The van der Waals surface area contributed by atoms with Crippen LogP contribution in [0.1, 0.15) is 23.5 Å². The molecule has 120 valence electrons. The maximum absolute atomic E-state index is 12.0. The zero-order valence-corrected chi connectivity index (χ0v) is 13.0. The third kappa shape index (κ3) is 4.01. The lowest BCUT2D eigenvalue weighted by Gasteiger charge is -2.35. The molecule has 22 heavy (non-hydrogen) atoms. The van der Waals surface area contributed by atoms with Gasteiger partial charge in [-0.3, -0.25) is 14.9 Å². The Bertz CT molecular complexity index is 577. The van der Waals surface area contributed by atoms with Crippen molar-refractivity contribution >= 4 is 28.2 Å². The van der Waals surface area contributed by atoms with Crippen LogP contribution >= 0.6 is 11.3 Å². The third-order valence-electron chi connectivity index (χ3n) is 3.07. The van der Waals surface area contributed by atoms with Crippen LogP contribution in [-0.4, -0.2) is 53.6 Å². The molecule has 8 nitrogen and oxygen atoms in total. The summed E-state index contributed by atoms with van der Waals surface area (Å²) in [5, 5.41) is 10.4. The summed E-state index contributed by atoms with van der Waals surface area (Å²) in [5.41, 5.74) is 0. The van der Waals surface area contributed by atoms with E-state index in [0.29, 0.717) is 13.1 Å². The molecule has 1 saturated heterocycles. The van der Waals surface area contributed by atoms with Crippen molar-refractivity contribution in [2.24, 2.45) is 0 Å². The number of carbonyl (C=O) groups excluding carboxylic acids is 2. The van der Waals surface area contributed by atoms with Gasteiger partial charge in [0.05, 0.1) is 17.1 Å². The smallest absolute Gasteiger partial charge is 0.349 e. The molecule has 0 saturated carbocycles. The van der Waals surface area contributed by atoms with E-state index in [9.17, 15) is 19.7 Å². The Morgan fingerprint density at radius 2 is 2.05 bits per heavy atom. The van der Waals surface area contributed by atoms with Crippen LogP contribution in [0.25, 0.3) is 0 Å². The van der Waals surface area contributed by atoms with E-state index in [0.717, 1.165) is 11.3 Å². The van der Waals surface area contributed by atoms with Crippen LogP contribution in [0.5, 0.6) is 0 Å². The summed E-state index contributed by atoms with van der Waals surface area (Å²) in [4.78, 5) is 35.5. The summed E-state index contributed by atoms with van der Waals surface area (Å²) < 4.78 is 10.4. The van der Waals surface area contributed by atoms with Crippen LogP contribution in [0.3, 0.4) is 0 Å². The molecule has 1 aromatic heterocycles. The average Bonchev–Trinajstić information content (AvgIpc) is 2.93. The van der Waals surface area contributed by atoms with E-state index in [2.05, 4.69) is 0 Å². The van der Waals surface area contributed by atoms with Gasteiger partial charge in [0.2, 0.25) is 0 Å². The SMILES string of the molecule is C[C@H]1CN(C(=O)COC(=O)c2ccc([N+](=O)[O-])s2)C[C@H](C)O1. The molecule has 9 heteroatoms. The molecule has 0 N–H and O–H groups in total. The van der Waals surface area contributed by atoms with Crippen molar-refractivity contribution in [2.75, 3.05) is 19.7 Å². The fourth-order valence-corrected chi connectivity index (χ4v) is 2.92. The van der Waals surface area contributed by atoms with Gasteiger partial charge in [-0.2, -0.15) is 0 Å². The van der Waals surface area contributed by atoms with Gasteiger partial charge in [-0.05, 0) is 19.9 Å². The Hall–Kier alpha value is -2.00. The maximum Gasteiger partial charge on any atom is 0.349 e. The molecule has 1 aliphatic heterocycles. The number of esters is 1. The lowest BCUT2D eigenvalue weighted by Crippen LogP contribution is -2.49. The molecule has 0 unspecified atom stereocenters. The second kappa shape index (κ2) is 6.84. The molecule has 2 atom stereocenters. The summed E-state index contributed by atoms with van der Waals surface area (Å²) in [7, 11) is 0. The number of carbonyl (C=O) groups is 2. The van der Waals surface area contributed by atoms with Crippen molar-refractivity contribution in [1.82, 2.24) is 4.90 Å². The molecule has 2 rings (SSSR count). The number of nitro groups is 1. The van der Waals surface area contributed by atoms with Gasteiger partial charge in [0.15, 0.2) is 6.61 Å². The standard InChI is InChI=1S/C13H16N2O6S/c1-8-5-14(6-9(2)21-8)11(16)7-20-13(17)10-3-4-12(22-10)15(18)19/h3-4,8-9H,5-7H2,1-2H3/t8-,9-/m0/s1. The minimum atomic E-state index is -0.735. The van der Waals surface area contributed by atoms with E-state index >= 15 is 0 Å². The van der Waals surface area contributed by atoms with Crippen molar-refractivity contribution in [3.05, 3.63) is 27.1 Å². The number of rotatable bonds is 4. The normalized spacial score (nSPS) is 21.5. The predicted molar refractivity (Wildman–Crippen MR) is 77.8 cm³/mol. The first kappa shape index (κ1) is 16.4. The second-order valence-corrected chi connectivity index (χ2v) is 6.09. The number of thiophene rings is 1. The Morgan fingerprint density at radius 1 is 1.41 bits per heavy atom. The number of ether oxygens (including phenoxy) is 2. The van der Waals surface area contributed by atoms with Crippen LogP contribution in [0, 0.1) is 10.1 Å². The van der Waals surface area contributed by atoms with Crippen molar-refractivity contribution < 1.29 is 24.0 Å². The molecular weight excluding hydrogens is 312 g/mol. The average molecular weight is 328 g/mol. The summed E-state index contributed by atoms with van der Waals surface area (Å²) >= 11 is 0.719. The molecule has 1 aromatic rings. The fourth-order valence-electron chi connectivity index (χ4n) is 2.21. The Balaban J connectivity index is 1.87. The van der Waals surface area contributed by atoms with Crippen LogP contribution in [0.2, 0.25) is 0 Å². The highest BCUT2D eigenvalue weighted by Crippen LogP contribution is 2.24. The number of morpholine rings is 1. The number of nitrogens with zero attached hydrogens (tertiary/aromatic N) is 2. The topological polar surface area (TPSA) is 99.0 Å². The quantitative estimate of drug-likeness (QED) is 0.471. The molecule has 1 amide bonds. The first-order chi connectivity index (χ1) is 10.4. The highest BCUT2D eigenvalue weighted by Gasteiger charge is 2.26. The van der Waals surface area contributed by atoms with Crippen LogP contribution in [-0.2, 0) is 14.3 Å². The van der Waals surface area contributed by atoms with Gasteiger partial charge in [0.1, 0.15) is 4.88 Å². The zero-order valence-electron chi connectivity index (χ0n) is 12.2. The van der Waals surface area contributed by atoms with Crippen molar-refractivity contribution in [3.63, 3.8) is 0 Å². The van der Waals surface area contributed by atoms with E-state index in [1.165, 1.54) is 12.1 Å².